The molecule has 0 atom stereocenters. The molecule has 8 nitrogen and oxygen atoms in total. The van der Waals surface area contributed by atoms with Crippen molar-refractivity contribution >= 4 is 17.2 Å². The highest BCUT2D eigenvalue weighted by molar-refractivity contribution is 6.10. The van der Waals surface area contributed by atoms with Gasteiger partial charge in [-0.2, -0.15) is 0 Å². The van der Waals surface area contributed by atoms with Gasteiger partial charge in [-0.25, -0.2) is 0 Å². The number of hydrogen-bond acceptors (Lipinski definition) is 6. The van der Waals surface area contributed by atoms with E-state index in [-0.39, 0.29) is 11.3 Å². The molecule has 1 heterocycles. The number of nitrogens with zero attached hydrogens (tertiary/aromatic N) is 3. The predicted molar refractivity (Wildman–Crippen MR) is 67.4 cm³/mol. The van der Waals surface area contributed by atoms with E-state index in [1.54, 1.807) is 12.1 Å². The maximum Gasteiger partial charge on any atom is 0.287 e. The Hall–Kier alpha value is -3.16. The Labute approximate surface area is 112 Å². The van der Waals surface area contributed by atoms with Crippen LogP contribution >= 0.6 is 0 Å². The van der Waals surface area contributed by atoms with Crippen LogP contribution in [0.1, 0.15) is 16.1 Å². The summed E-state index contributed by atoms with van der Waals surface area (Å²) in [5.74, 6) is -0.660. The molecule has 0 aliphatic rings. The lowest BCUT2D eigenvalue weighted by molar-refractivity contribution is -0.394. The van der Waals surface area contributed by atoms with Gasteiger partial charge >= 0.3 is 0 Å². The second-order valence-corrected chi connectivity index (χ2v) is 3.76. The smallest absolute Gasteiger partial charge is 0.287 e. The van der Waals surface area contributed by atoms with E-state index in [0.29, 0.717) is 0 Å². The normalized spacial score (nSPS) is 10.0. The van der Waals surface area contributed by atoms with E-state index in [4.69, 9.17) is 0 Å². The van der Waals surface area contributed by atoms with Crippen LogP contribution in [-0.4, -0.2) is 20.6 Å². The van der Waals surface area contributed by atoms with Crippen LogP contribution in [0.15, 0.2) is 42.6 Å². The van der Waals surface area contributed by atoms with Crippen molar-refractivity contribution in [1.82, 2.24) is 4.98 Å². The Morgan fingerprint density at radius 2 is 1.80 bits per heavy atom. The van der Waals surface area contributed by atoms with Gasteiger partial charge in [0.25, 0.3) is 11.4 Å². The molecule has 1 aromatic heterocycles. The Balaban J connectivity index is 2.54. The lowest BCUT2D eigenvalue weighted by Gasteiger charge is -2.01. The molecule has 0 amide bonds. The van der Waals surface area contributed by atoms with E-state index in [2.05, 4.69) is 4.98 Å². The highest BCUT2D eigenvalue weighted by atomic mass is 16.6. The molecule has 0 fully saturated rings. The van der Waals surface area contributed by atoms with E-state index in [0.717, 1.165) is 18.2 Å². The Kier molecular flexibility index (Phi) is 3.47. The fourth-order valence-corrected chi connectivity index (χ4v) is 1.61. The van der Waals surface area contributed by atoms with Gasteiger partial charge in [0.1, 0.15) is 11.3 Å². The number of benzene rings is 1. The van der Waals surface area contributed by atoms with E-state index < -0.39 is 27.0 Å². The third-order valence-electron chi connectivity index (χ3n) is 2.53. The number of pyridine rings is 1. The van der Waals surface area contributed by atoms with Gasteiger partial charge in [-0.05, 0) is 18.2 Å². The van der Waals surface area contributed by atoms with Gasteiger partial charge in [-0.3, -0.25) is 30.0 Å². The van der Waals surface area contributed by atoms with Gasteiger partial charge in [0.15, 0.2) is 0 Å². The molecule has 0 N–H and O–H groups in total. The molecule has 1 aromatic carbocycles. The zero-order valence-corrected chi connectivity index (χ0v) is 9.92. The first-order valence-corrected chi connectivity index (χ1v) is 5.39. The summed E-state index contributed by atoms with van der Waals surface area (Å²) in [6.45, 7) is 0. The minimum Gasteiger partial charge on any atom is -0.287 e. The summed E-state index contributed by atoms with van der Waals surface area (Å²) in [7, 11) is 0. The maximum atomic E-state index is 12.1. The van der Waals surface area contributed by atoms with Gasteiger partial charge in [0.05, 0.1) is 15.9 Å². The molecule has 0 spiro atoms. The number of aromatic nitrogens is 1. The fourth-order valence-electron chi connectivity index (χ4n) is 1.61. The van der Waals surface area contributed by atoms with Gasteiger partial charge in [-0.1, -0.05) is 6.07 Å². The van der Waals surface area contributed by atoms with Crippen molar-refractivity contribution in [3.63, 3.8) is 0 Å². The molecule has 0 saturated heterocycles. The first-order valence-electron chi connectivity index (χ1n) is 5.39. The van der Waals surface area contributed by atoms with Crippen LogP contribution in [-0.2, 0) is 0 Å². The first kappa shape index (κ1) is 13.3. The number of nitro groups is 2. The number of non-ortho nitro benzene ring substituents is 1. The molecular formula is C12H7N3O5. The van der Waals surface area contributed by atoms with Crippen LogP contribution in [0, 0.1) is 20.2 Å². The molecule has 0 unspecified atom stereocenters. The highest BCUT2D eigenvalue weighted by Crippen LogP contribution is 2.26. The van der Waals surface area contributed by atoms with Crippen LogP contribution in [0.3, 0.4) is 0 Å². The maximum absolute atomic E-state index is 12.1. The molecule has 0 bridgehead atoms. The van der Waals surface area contributed by atoms with Crippen molar-refractivity contribution < 1.29 is 14.6 Å². The topological polar surface area (TPSA) is 116 Å². The molecule has 8 heteroatoms. The first-order chi connectivity index (χ1) is 9.50. The van der Waals surface area contributed by atoms with Crippen molar-refractivity contribution in [2.24, 2.45) is 0 Å². The summed E-state index contributed by atoms with van der Waals surface area (Å²) in [4.78, 5) is 35.9. The minimum absolute atomic E-state index is 0.0319. The van der Waals surface area contributed by atoms with E-state index in [1.165, 1.54) is 12.3 Å². The summed E-state index contributed by atoms with van der Waals surface area (Å²) < 4.78 is 0. The zero-order chi connectivity index (χ0) is 14.7. The van der Waals surface area contributed by atoms with E-state index in [1.807, 2.05) is 0 Å². The van der Waals surface area contributed by atoms with Crippen LogP contribution in [0.5, 0.6) is 0 Å². The van der Waals surface area contributed by atoms with Crippen molar-refractivity contribution in [2.45, 2.75) is 0 Å². The van der Waals surface area contributed by atoms with Gasteiger partial charge in [0, 0.05) is 12.3 Å². The van der Waals surface area contributed by atoms with Crippen molar-refractivity contribution in [3.8, 4) is 0 Å². The largest absolute Gasteiger partial charge is 0.287 e. The fraction of sp³-hybridized carbons (Fsp3) is 0. The monoisotopic (exact) mass is 273 g/mol. The van der Waals surface area contributed by atoms with Crippen LogP contribution in [0.25, 0.3) is 0 Å². The van der Waals surface area contributed by atoms with Gasteiger partial charge in [-0.15, -0.1) is 0 Å². The number of nitro benzene ring substituents is 2. The molecule has 0 aliphatic carbocycles. The summed E-state index contributed by atoms with van der Waals surface area (Å²) in [5.41, 5.74) is -1.27. The summed E-state index contributed by atoms with van der Waals surface area (Å²) in [6.07, 6.45) is 1.38. The van der Waals surface area contributed by atoms with E-state index >= 15 is 0 Å². The number of carbonyl (C=O) groups excluding carboxylic acids is 1. The molecule has 20 heavy (non-hydrogen) atoms. The van der Waals surface area contributed by atoms with Crippen LogP contribution < -0.4 is 0 Å². The zero-order valence-electron chi connectivity index (χ0n) is 9.92. The molecule has 2 rings (SSSR count). The minimum atomic E-state index is -0.830. The lowest BCUT2D eigenvalue weighted by atomic mass is 10.0. The lowest BCUT2D eigenvalue weighted by Crippen LogP contribution is -2.07. The highest BCUT2D eigenvalue weighted by Gasteiger charge is 2.25. The van der Waals surface area contributed by atoms with Gasteiger partial charge in [0.2, 0.25) is 5.78 Å². The third kappa shape index (κ3) is 2.48. The second kappa shape index (κ2) is 5.22. The van der Waals surface area contributed by atoms with Crippen LogP contribution in [0.4, 0.5) is 11.4 Å². The second-order valence-electron chi connectivity index (χ2n) is 3.76. The molecule has 0 radical (unpaired) electrons. The summed E-state index contributed by atoms with van der Waals surface area (Å²) in [6, 6.07) is 7.44. The van der Waals surface area contributed by atoms with Crippen molar-refractivity contribution in [1.29, 1.82) is 0 Å². The quantitative estimate of drug-likeness (QED) is 0.478. The summed E-state index contributed by atoms with van der Waals surface area (Å²) in [5, 5.41) is 21.6. The SMILES string of the molecule is O=C(c1ccccn1)c1ccc([N+](=O)[O-])cc1[N+](=O)[O-]. The number of rotatable bonds is 4. The Bertz CT molecular complexity index is 699. The molecule has 0 aliphatic heterocycles. The van der Waals surface area contributed by atoms with Crippen molar-refractivity contribution in [3.05, 3.63) is 74.1 Å². The average Bonchev–Trinajstić information content (AvgIpc) is 2.46. The molecule has 0 saturated carbocycles. The molecule has 100 valence electrons. The third-order valence-corrected chi connectivity index (χ3v) is 2.53. The number of hydrogen-bond donors (Lipinski definition) is 0. The van der Waals surface area contributed by atoms with Gasteiger partial charge < -0.3 is 0 Å². The standard InChI is InChI=1S/C12H7N3O5/c16-12(10-3-1-2-6-13-10)9-5-4-8(14(17)18)7-11(9)15(19)20/h1-7H. The Morgan fingerprint density at radius 1 is 1.05 bits per heavy atom. The predicted octanol–water partition coefficient (Wildman–Crippen LogP) is 2.13. The summed E-state index contributed by atoms with van der Waals surface area (Å²) >= 11 is 0. The van der Waals surface area contributed by atoms with Crippen molar-refractivity contribution in [2.75, 3.05) is 0 Å². The average molecular weight is 273 g/mol. The Morgan fingerprint density at radius 3 is 2.35 bits per heavy atom. The molecule has 2 aromatic rings. The number of ketones is 1. The molecular weight excluding hydrogens is 266 g/mol. The van der Waals surface area contributed by atoms with E-state index in [9.17, 15) is 25.0 Å². The van der Waals surface area contributed by atoms with Crippen LogP contribution in [0.2, 0.25) is 0 Å². The number of carbonyl (C=O) groups is 1.